The molecule has 2 aliphatic rings. The van der Waals surface area contributed by atoms with Gasteiger partial charge in [0, 0.05) is 21.1 Å². The molecule has 0 bridgehead atoms. The van der Waals surface area contributed by atoms with E-state index in [4.69, 9.17) is 0 Å². The van der Waals surface area contributed by atoms with Crippen LogP contribution in [-0.2, 0) is 4.57 Å². The maximum atomic E-state index is 14.7. The molecule has 1 aromatic carbocycles. The Labute approximate surface area is 141 Å². The molecule has 0 radical (unpaired) electrons. The summed E-state index contributed by atoms with van der Waals surface area (Å²) < 4.78 is 29.6. The molecule has 4 heteroatoms. The van der Waals surface area contributed by atoms with Gasteiger partial charge in [0.25, 0.3) is 0 Å². The smallest absolute Gasteiger partial charge is 0.135 e. The zero-order chi connectivity index (χ0) is 15.6. The first kappa shape index (κ1) is 16.7. The van der Waals surface area contributed by atoms with Crippen LogP contribution in [0.5, 0.6) is 0 Å². The molecule has 0 heterocycles. The average Bonchev–Trinajstić information content (AvgIpc) is 2.56. The van der Waals surface area contributed by atoms with Crippen molar-refractivity contribution in [3.8, 4) is 0 Å². The van der Waals surface area contributed by atoms with E-state index in [-0.39, 0.29) is 17.1 Å². The van der Waals surface area contributed by atoms with Crippen LogP contribution < -0.4 is 5.30 Å². The molecule has 2 fully saturated rings. The lowest BCUT2D eigenvalue weighted by Gasteiger charge is -2.38. The second kappa shape index (κ2) is 7.18. The molecule has 0 saturated heterocycles. The Balaban J connectivity index is 2.02. The highest BCUT2D eigenvalue weighted by Crippen LogP contribution is 2.62. The average molecular weight is 387 g/mol. The van der Waals surface area contributed by atoms with Gasteiger partial charge in [-0.2, -0.15) is 0 Å². The Bertz CT molecular complexity index is 540. The first-order valence-corrected chi connectivity index (χ1v) is 11.3. The lowest BCUT2D eigenvalue weighted by Crippen LogP contribution is -2.31. The van der Waals surface area contributed by atoms with E-state index in [1.165, 1.54) is 18.9 Å². The third-order valence-corrected chi connectivity index (χ3v) is 10.3. The predicted octanol–water partition coefficient (Wildman–Crippen LogP) is 6.24. The molecule has 1 aromatic rings. The molecule has 3 rings (SSSR count). The molecule has 22 heavy (non-hydrogen) atoms. The molecule has 122 valence electrons. The van der Waals surface area contributed by atoms with Crippen LogP contribution in [0.15, 0.2) is 22.7 Å². The molecule has 0 atom stereocenters. The second-order valence-corrected chi connectivity index (χ2v) is 11.2. The zero-order valence-electron chi connectivity index (χ0n) is 13.1. The Kier molecular flexibility index (Phi) is 5.45. The van der Waals surface area contributed by atoms with Crippen LogP contribution in [-0.4, -0.2) is 11.3 Å². The molecule has 2 saturated carbocycles. The van der Waals surface area contributed by atoms with Crippen molar-refractivity contribution in [3.63, 3.8) is 0 Å². The van der Waals surface area contributed by atoms with Gasteiger partial charge in [0.05, 0.1) is 0 Å². The van der Waals surface area contributed by atoms with E-state index in [1.807, 2.05) is 6.07 Å². The van der Waals surface area contributed by atoms with E-state index >= 15 is 0 Å². The number of halogens is 2. The lowest BCUT2D eigenvalue weighted by atomic mass is 9.99. The third-order valence-electron chi connectivity index (χ3n) is 5.52. The van der Waals surface area contributed by atoms with E-state index < -0.39 is 7.14 Å². The van der Waals surface area contributed by atoms with Gasteiger partial charge in [-0.05, 0) is 43.9 Å². The van der Waals surface area contributed by atoms with Crippen LogP contribution in [0.1, 0.15) is 64.2 Å². The van der Waals surface area contributed by atoms with Gasteiger partial charge < -0.3 is 4.57 Å². The molecule has 0 aliphatic heterocycles. The molecule has 0 aromatic heterocycles. The van der Waals surface area contributed by atoms with Crippen molar-refractivity contribution in [3.05, 3.63) is 28.5 Å². The summed E-state index contributed by atoms with van der Waals surface area (Å²) in [5.74, 6) is -0.270. The Morgan fingerprint density at radius 2 is 1.41 bits per heavy atom. The molecule has 0 spiro atoms. The van der Waals surface area contributed by atoms with E-state index in [1.54, 1.807) is 6.07 Å². The molecular weight excluding hydrogens is 362 g/mol. The summed E-state index contributed by atoms with van der Waals surface area (Å²) in [5, 5.41) is 0.537. The van der Waals surface area contributed by atoms with Crippen LogP contribution in [0.25, 0.3) is 0 Å². The Morgan fingerprint density at radius 1 is 0.909 bits per heavy atom. The quantitative estimate of drug-likeness (QED) is 0.561. The number of benzene rings is 1. The first-order valence-electron chi connectivity index (χ1n) is 8.67. The molecule has 0 unspecified atom stereocenters. The Morgan fingerprint density at radius 3 is 1.86 bits per heavy atom. The van der Waals surface area contributed by atoms with Gasteiger partial charge in [0.2, 0.25) is 0 Å². The molecule has 0 amide bonds. The van der Waals surface area contributed by atoms with Gasteiger partial charge in [-0.1, -0.05) is 54.5 Å². The summed E-state index contributed by atoms with van der Waals surface area (Å²) in [6.07, 6.45) is 11.2. The summed E-state index contributed by atoms with van der Waals surface area (Å²) in [6.45, 7) is 0. The maximum Gasteiger partial charge on any atom is 0.135 e. The van der Waals surface area contributed by atoms with Crippen LogP contribution in [0.4, 0.5) is 4.39 Å². The summed E-state index contributed by atoms with van der Waals surface area (Å²) in [6, 6.07) is 5.15. The van der Waals surface area contributed by atoms with E-state index in [0.717, 1.165) is 55.8 Å². The van der Waals surface area contributed by atoms with Gasteiger partial charge in [0.15, 0.2) is 0 Å². The minimum absolute atomic E-state index is 0.208. The third kappa shape index (κ3) is 3.22. The SMILES string of the molecule is O=P(c1ccc(Br)cc1F)(C1CCCCC1)C1CCCCC1. The fourth-order valence-corrected chi connectivity index (χ4v) is 9.07. The van der Waals surface area contributed by atoms with Crippen molar-refractivity contribution in [2.45, 2.75) is 75.5 Å². The minimum Gasteiger partial charge on any atom is -0.318 e. The number of rotatable bonds is 3. The van der Waals surface area contributed by atoms with Crippen molar-refractivity contribution in [1.82, 2.24) is 0 Å². The van der Waals surface area contributed by atoms with Crippen molar-refractivity contribution in [2.75, 3.05) is 0 Å². The summed E-state index contributed by atoms with van der Waals surface area (Å²) in [4.78, 5) is 0. The summed E-state index contributed by atoms with van der Waals surface area (Å²) in [5.41, 5.74) is 0.417. The minimum atomic E-state index is -2.68. The number of hydrogen-bond donors (Lipinski definition) is 0. The standard InChI is InChI=1S/C18H25BrFOP/c19-14-11-12-18(17(20)13-14)22(21,15-7-3-1-4-8-15)16-9-5-2-6-10-16/h11-13,15-16H,1-10H2. The van der Waals surface area contributed by atoms with Gasteiger partial charge in [-0.15, -0.1) is 0 Å². The molecular formula is C18H25BrFOP. The van der Waals surface area contributed by atoms with Gasteiger partial charge in [-0.3, -0.25) is 0 Å². The summed E-state index contributed by atoms with van der Waals surface area (Å²) in [7, 11) is -2.68. The zero-order valence-corrected chi connectivity index (χ0v) is 15.5. The monoisotopic (exact) mass is 386 g/mol. The van der Waals surface area contributed by atoms with Gasteiger partial charge in [0.1, 0.15) is 13.0 Å². The van der Waals surface area contributed by atoms with Crippen LogP contribution in [0.2, 0.25) is 0 Å². The van der Waals surface area contributed by atoms with Crippen LogP contribution >= 0.6 is 23.1 Å². The Hall–Kier alpha value is -0.140. The van der Waals surface area contributed by atoms with E-state index in [0.29, 0.717) is 5.30 Å². The highest BCUT2D eigenvalue weighted by molar-refractivity contribution is 9.10. The van der Waals surface area contributed by atoms with Crippen LogP contribution in [0.3, 0.4) is 0 Å². The van der Waals surface area contributed by atoms with Crippen molar-refractivity contribution < 1.29 is 8.96 Å². The van der Waals surface area contributed by atoms with Gasteiger partial charge in [-0.25, -0.2) is 4.39 Å². The number of hydrogen-bond acceptors (Lipinski definition) is 1. The van der Waals surface area contributed by atoms with Crippen molar-refractivity contribution in [1.29, 1.82) is 0 Å². The highest BCUT2D eigenvalue weighted by atomic mass is 79.9. The lowest BCUT2D eigenvalue weighted by molar-refractivity contribution is 0.452. The van der Waals surface area contributed by atoms with Crippen LogP contribution in [0, 0.1) is 5.82 Å². The first-order chi connectivity index (χ1) is 10.6. The van der Waals surface area contributed by atoms with E-state index in [9.17, 15) is 8.96 Å². The fourth-order valence-electron chi connectivity index (χ4n) is 4.39. The maximum absolute atomic E-state index is 14.7. The highest BCUT2D eigenvalue weighted by Gasteiger charge is 2.43. The molecule has 0 N–H and O–H groups in total. The normalized spacial score (nSPS) is 21.9. The second-order valence-electron chi connectivity index (χ2n) is 6.89. The largest absolute Gasteiger partial charge is 0.318 e. The molecule has 1 nitrogen and oxygen atoms in total. The summed E-state index contributed by atoms with van der Waals surface area (Å²) >= 11 is 3.33. The molecule has 2 aliphatic carbocycles. The fraction of sp³-hybridized carbons (Fsp3) is 0.667. The van der Waals surface area contributed by atoms with E-state index in [2.05, 4.69) is 15.9 Å². The van der Waals surface area contributed by atoms with Crippen molar-refractivity contribution in [2.24, 2.45) is 0 Å². The topological polar surface area (TPSA) is 17.1 Å². The van der Waals surface area contributed by atoms with Crippen molar-refractivity contribution >= 4 is 28.4 Å². The predicted molar refractivity (Wildman–Crippen MR) is 95.1 cm³/mol. The van der Waals surface area contributed by atoms with Gasteiger partial charge >= 0.3 is 0 Å².